The highest BCUT2D eigenvalue weighted by Crippen LogP contribution is 2.38. The van der Waals surface area contributed by atoms with Gasteiger partial charge in [-0.2, -0.15) is 13.2 Å². The van der Waals surface area contributed by atoms with E-state index in [9.17, 15) is 26.4 Å². The van der Waals surface area contributed by atoms with Crippen molar-refractivity contribution in [2.45, 2.75) is 51.4 Å². The number of benzene rings is 2. The number of nitrogens with zero attached hydrogens (tertiary/aromatic N) is 1. The number of carbonyl (C=O) groups is 1. The summed E-state index contributed by atoms with van der Waals surface area (Å²) in [5.41, 5.74) is 1.92. The molecule has 0 heterocycles. The first-order chi connectivity index (χ1) is 14.8. The number of rotatable bonds is 6. The molecule has 174 valence electrons. The second kappa shape index (κ2) is 8.94. The van der Waals surface area contributed by atoms with Crippen molar-refractivity contribution in [1.82, 2.24) is 5.32 Å². The summed E-state index contributed by atoms with van der Waals surface area (Å²) in [6, 6.07) is 7.03. The third-order valence-electron chi connectivity index (χ3n) is 5.58. The Morgan fingerprint density at radius 1 is 1.09 bits per heavy atom. The lowest BCUT2D eigenvalue weighted by Gasteiger charge is -2.30. The minimum Gasteiger partial charge on any atom is -0.348 e. The summed E-state index contributed by atoms with van der Waals surface area (Å²) in [5, 5.41) is 2.21. The molecule has 10 heteroatoms. The standard InChI is InChI=1S/C22H24ClF3N2O3S/c1-13(16-8-7-15-5-4-6-17(15)11-16)27-21(29)14(2)28(32(3,30)31)18-9-10-20(23)19(12-18)22(24,25)26/h7-14H,4-6H2,1-3H3,(H,27,29)/t13-,14-/m0/s1. The van der Waals surface area contributed by atoms with Crippen LogP contribution in [0.15, 0.2) is 36.4 Å². The Bertz CT molecular complexity index is 1140. The summed E-state index contributed by atoms with van der Waals surface area (Å²) in [5.74, 6) is -0.632. The molecule has 0 saturated carbocycles. The van der Waals surface area contributed by atoms with Gasteiger partial charge in [0.05, 0.1) is 28.6 Å². The number of halogens is 4. The second-order valence-corrected chi connectivity index (χ2v) is 10.3. The summed E-state index contributed by atoms with van der Waals surface area (Å²) >= 11 is 5.65. The predicted molar refractivity (Wildman–Crippen MR) is 118 cm³/mol. The molecule has 0 aromatic heterocycles. The Morgan fingerprint density at radius 3 is 2.38 bits per heavy atom. The third kappa shape index (κ3) is 5.20. The number of hydrogen-bond donors (Lipinski definition) is 1. The van der Waals surface area contributed by atoms with Gasteiger partial charge in [-0.1, -0.05) is 29.8 Å². The fourth-order valence-electron chi connectivity index (χ4n) is 3.95. The summed E-state index contributed by atoms with van der Waals surface area (Å²) in [4.78, 5) is 12.9. The Balaban J connectivity index is 1.86. The average molecular weight is 489 g/mol. The fourth-order valence-corrected chi connectivity index (χ4v) is 5.35. The number of aryl methyl sites for hydroxylation is 2. The van der Waals surface area contributed by atoms with E-state index < -0.39 is 44.8 Å². The minimum atomic E-state index is -4.77. The summed E-state index contributed by atoms with van der Waals surface area (Å²) in [6.07, 6.45) is -0.856. The molecule has 0 unspecified atom stereocenters. The topological polar surface area (TPSA) is 66.5 Å². The largest absolute Gasteiger partial charge is 0.417 e. The van der Waals surface area contributed by atoms with Crippen molar-refractivity contribution in [3.8, 4) is 0 Å². The molecule has 2 aromatic rings. The molecule has 0 saturated heterocycles. The van der Waals surface area contributed by atoms with E-state index in [1.54, 1.807) is 6.92 Å². The zero-order valence-electron chi connectivity index (χ0n) is 17.8. The van der Waals surface area contributed by atoms with Crippen molar-refractivity contribution in [1.29, 1.82) is 0 Å². The number of fused-ring (bicyclic) bond motifs is 1. The average Bonchev–Trinajstić information content (AvgIpc) is 3.15. The van der Waals surface area contributed by atoms with Crippen LogP contribution in [-0.4, -0.2) is 26.6 Å². The number of nitrogens with one attached hydrogen (secondary N) is 1. The van der Waals surface area contributed by atoms with Gasteiger partial charge in [-0.15, -0.1) is 0 Å². The molecule has 0 radical (unpaired) electrons. The number of amides is 1. The fraction of sp³-hybridized carbons (Fsp3) is 0.409. The zero-order chi connectivity index (χ0) is 23.8. The molecule has 1 amide bonds. The van der Waals surface area contributed by atoms with Crippen molar-refractivity contribution >= 4 is 33.2 Å². The molecular weight excluding hydrogens is 465 g/mol. The van der Waals surface area contributed by atoms with E-state index in [1.165, 1.54) is 18.1 Å². The molecule has 0 fully saturated rings. The maximum atomic E-state index is 13.3. The Hall–Kier alpha value is -2.26. The van der Waals surface area contributed by atoms with Gasteiger partial charge in [0.1, 0.15) is 6.04 Å². The molecule has 5 nitrogen and oxygen atoms in total. The summed E-state index contributed by atoms with van der Waals surface area (Å²) < 4.78 is 65.4. The van der Waals surface area contributed by atoms with Crippen molar-refractivity contribution in [3.05, 3.63) is 63.7 Å². The zero-order valence-corrected chi connectivity index (χ0v) is 19.4. The van der Waals surface area contributed by atoms with Gasteiger partial charge >= 0.3 is 6.18 Å². The van der Waals surface area contributed by atoms with Gasteiger partial charge in [0.15, 0.2) is 0 Å². The van der Waals surface area contributed by atoms with E-state index in [1.807, 2.05) is 18.2 Å². The SMILES string of the molecule is C[C@H](NC(=O)[C@H](C)N(c1ccc(Cl)c(C(F)(F)F)c1)S(C)(=O)=O)c1ccc2c(c1)CCC2. The van der Waals surface area contributed by atoms with Gasteiger partial charge in [-0.25, -0.2) is 8.42 Å². The molecule has 3 rings (SSSR count). The molecule has 1 aliphatic carbocycles. The predicted octanol–water partition coefficient (Wildman–Crippen LogP) is 4.88. The van der Waals surface area contributed by atoms with E-state index >= 15 is 0 Å². The molecule has 2 aromatic carbocycles. The first kappa shape index (κ1) is 24.4. The van der Waals surface area contributed by atoms with Gasteiger partial charge in [0.25, 0.3) is 0 Å². The lowest BCUT2D eigenvalue weighted by Crippen LogP contribution is -2.48. The van der Waals surface area contributed by atoms with Crippen LogP contribution in [0.1, 0.15) is 48.6 Å². The summed E-state index contributed by atoms with van der Waals surface area (Å²) in [7, 11) is -4.08. The van der Waals surface area contributed by atoms with Crippen LogP contribution in [0.3, 0.4) is 0 Å². The lowest BCUT2D eigenvalue weighted by atomic mass is 10.0. The number of sulfonamides is 1. The number of carbonyl (C=O) groups excluding carboxylic acids is 1. The summed E-state index contributed by atoms with van der Waals surface area (Å²) in [6.45, 7) is 3.10. The van der Waals surface area contributed by atoms with Crippen molar-refractivity contribution in [2.24, 2.45) is 0 Å². The number of hydrogen-bond acceptors (Lipinski definition) is 3. The molecule has 1 aliphatic rings. The van der Waals surface area contributed by atoms with Crippen LogP contribution in [0.25, 0.3) is 0 Å². The highest BCUT2D eigenvalue weighted by Gasteiger charge is 2.36. The number of anilines is 1. The molecule has 0 aliphatic heterocycles. The molecule has 0 bridgehead atoms. The Kier molecular flexibility index (Phi) is 6.81. The molecule has 1 N–H and O–H groups in total. The monoisotopic (exact) mass is 488 g/mol. The van der Waals surface area contributed by atoms with Gasteiger partial charge in [-0.05, 0) is 68.0 Å². The van der Waals surface area contributed by atoms with Crippen LogP contribution >= 0.6 is 11.6 Å². The van der Waals surface area contributed by atoms with Crippen LogP contribution in [0.5, 0.6) is 0 Å². The Morgan fingerprint density at radius 2 is 1.75 bits per heavy atom. The normalized spacial score (nSPS) is 15.7. The van der Waals surface area contributed by atoms with E-state index in [0.29, 0.717) is 10.4 Å². The van der Waals surface area contributed by atoms with Crippen molar-refractivity contribution < 1.29 is 26.4 Å². The van der Waals surface area contributed by atoms with Gasteiger partial charge in [-0.3, -0.25) is 9.10 Å². The van der Waals surface area contributed by atoms with Crippen LogP contribution in [0.4, 0.5) is 18.9 Å². The maximum Gasteiger partial charge on any atom is 0.417 e. The highest BCUT2D eigenvalue weighted by molar-refractivity contribution is 7.92. The van der Waals surface area contributed by atoms with Gasteiger partial charge < -0.3 is 5.32 Å². The first-order valence-electron chi connectivity index (χ1n) is 10.1. The highest BCUT2D eigenvalue weighted by atomic mass is 35.5. The molecule has 0 spiro atoms. The van der Waals surface area contributed by atoms with Crippen molar-refractivity contribution in [3.63, 3.8) is 0 Å². The van der Waals surface area contributed by atoms with Crippen LogP contribution in [0.2, 0.25) is 5.02 Å². The first-order valence-corrected chi connectivity index (χ1v) is 12.3. The Labute approximate surface area is 190 Å². The van der Waals surface area contributed by atoms with Gasteiger partial charge in [0.2, 0.25) is 15.9 Å². The maximum absolute atomic E-state index is 13.3. The number of alkyl halides is 3. The van der Waals surface area contributed by atoms with Gasteiger partial charge in [0, 0.05) is 0 Å². The smallest absolute Gasteiger partial charge is 0.348 e. The molecular formula is C22H24ClF3N2O3S. The molecule has 32 heavy (non-hydrogen) atoms. The van der Waals surface area contributed by atoms with E-state index in [0.717, 1.165) is 43.2 Å². The third-order valence-corrected chi connectivity index (χ3v) is 7.15. The minimum absolute atomic E-state index is 0.294. The van der Waals surface area contributed by atoms with Crippen LogP contribution in [-0.2, 0) is 33.8 Å². The van der Waals surface area contributed by atoms with E-state index in [2.05, 4.69) is 5.32 Å². The quantitative estimate of drug-likeness (QED) is 0.630. The van der Waals surface area contributed by atoms with E-state index in [4.69, 9.17) is 11.6 Å². The van der Waals surface area contributed by atoms with Crippen LogP contribution in [0, 0.1) is 0 Å². The molecule has 2 atom stereocenters. The lowest BCUT2D eigenvalue weighted by molar-refractivity contribution is -0.137. The van der Waals surface area contributed by atoms with E-state index in [-0.39, 0.29) is 5.69 Å². The second-order valence-electron chi connectivity index (χ2n) is 8.01. The van der Waals surface area contributed by atoms with Crippen molar-refractivity contribution in [2.75, 3.05) is 10.6 Å². The van der Waals surface area contributed by atoms with Crippen LogP contribution < -0.4 is 9.62 Å².